The lowest BCUT2D eigenvalue weighted by Crippen LogP contribution is -2.41. The molecule has 0 saturated carbocycles. The summed E-state index contributed by atoms with van der Waals surface area (Å²) >= 11 is 1.92. The topological polar surface area (TPSA) is 54.9 Å². The molecule has 0 aromatic heterocycles. The van der Waals surface area contributed by atoms with Gasteiger partial charge >= 0.3 is 0 Å². The molecule has 0 atom stereocenters. The highest BCUT2D eigenvalue weighted by molar-refractivity contribution is 8.00. The molecule has 1 heterocycles. The number of thioether (sulfide) groups is 1. The van der Waals surface area contributed by atoms with Crippen molar-refractivity contribution in [2.75, 3.05) is 52.3 Å². The van der Waals surface area contributed by atoms with Crippen LogP contribution in [-0.4, -0.2) is 63.0 Å². The summed E-state index contributed by atoms with van der Waals surface area (Å²) in [6.07, 6.45) is 4.34. The molecular formula is C14H29N3O2S. The zero-order valence-corrected chi connectivity index (χ0v) is 13.9. The Morgan fingerprint density at radius 2 is 2.05 bits per heavy atom. The molecule has 20 heavy (non-hydrogen) atoms. The third-order valence-corrected chi connectivity index (χ3v) is 4.85. The molecule has 1 fully saturated rings. The van der Waals surface area contributed by atoms with Gasteiger partial charge in [0.1, 0.15) is 0 Å². The highest BCUT2D eigenvalue weighted by Crippen LogP contribution is 2.33. The quantitative estimate of drug-likeness (QED) is 0.404. The largest absolute Gasteiger partial charge is 0.381 e. The summed E-state index contributed by atoms with van der Waals surface area (Å²) in [4.78, 5) is 4.74. The molecule has 6 heteroatoms. The van der Waals surface area contributed by atoms with E-state index in [9.17, 15) is 0 Å². The Bertz CT molecular complexity index is 282. The number of nitrogens with one attached hydrogen (secondary N) is 2. The van der Waals surface area contributed by atoms with E-state index in [1.165, 1.54) is 0 Å². The minimum absolute atomic E-state index is 0.237. The molecular weight excluding hydrogens is 274 g/mol. The minimum atomic E-state index is 0.237. The van der Waals surface area contributed by atoms with Crippen LogP contribution < -0.4 is 10.6 Å². The second-order valence-electron chi connectivity index (χ2n) is 4.82. The number of ether oxygens (including phenoxy) is 2. The zero-order chi connectivity index (χ0) is 14.7. The summed E-state index contributed by atoms with van der Waals surface area (Å²) in [5.41, 5.74) is 0. The van der Waals surface area contributed by atoms with E-state index in [1.807, 2.05) is 18.7 Å². The van der Waals surface area contributed by atoms with Crippen LogP contribution in [0, 0.1) is 0 Å². The first kappa shape index (κ1) is 17.6. The maximum absolute atomic E-state index is 5.46. The standard InChI is InChI=1S/C14H29N3O2S/c1-4-15-13(16-8-11-18-5-2)17-12-14(20-3)6-9-19-10-7-14/h4-12H2,1-3H3,(H2,15,16,17). The molecule has 5 nitrogen and oxygen atoms in total. The average molecular weight is 303 g/mol. The maximum atomic E-state index is 5.46. The van der Waals surface area contributed by atoms with Crippen molar-refractivity contribution < 1.29 is 9.47 Å². The molecule has 2 N–H and O–H groups in total. The van der Waals surface area contributed by atoms with Crippen molar-refractivity contribution in [3.05, 3.63) is 0 Å². The summed E-state index contributed by atoms with van der Waals surface area (Å²) in [5.74, 6) is 0.882. The van der Waals surface area contributed by atoms with Gasteiger partial charge in [-0.25, -0.2) is 0 Å². The van der Waals surface area contributed by atoms with E-state index in [-0.39, 0.29) is 4.75 Å². The van der Waals surface area contributed by atoms with Crippen molar-refractivity contribution in [3.63, 3.8) is 0 Å². The summed E-state index contributed by atoms with van der Waals surface area (Å²) in [7, 11) is 0. The van der Waals surface area contributed by atoms with Crippen molar-refractivity contribution in [2.24, 2.45) is 4.99 Å². The van der Waals surface area contributed by atoms with Crippen molar-refractivity contribution in [3.8, 4) is 0 Å². The molecule has 0 unspecified atom stereocenters. The fourth-order valence-corrected chi connectivity index (χ4v) is 2.89. The maximum Gasteiger partial charge on any atom is 0.191 e. The first-order valence-electron chi connectivity index (χ1n) is 7.49. The molecule has 0 amide bonds. The van der Waals surface area contributed by atoms with Gasteiger partial charge in [-0.05, 0) is 32.9 Å². The number of guanidine groups is 1. The Morgan fingerprint density at radius 3 is 2.65 bits per heavy atom. The van der Waals surface area contributed by atoms with E-state index in [4.69, 9.17) is 14.5 Å². The predicted octanol–water partition coefficient (Wildman–Crippen LogP) is 1.49. The van der Waals surface area contributed by atoms with Gasteiger partial charge in [-0.15, -0.1) is 0 Å². The molecule has 0 bridgehead atoms. The Hall–Kier alpha value is -0.460. The predicted molar refractivity (Wildman–Crippen MR) is 86.8 cm³/mol. The summed E-state index contributed by atoms with van der Waals surface area (Å²) in [6.45, 7) is 9.75. The van der Waals surface area contributed by atoms with Crippen molar-refractivity contribution in [1.29, 1.82) is 0 Å². The van der Waals surface area contributed by atoms with Crippen LogP contribution in [0.25, 0.3) is 0 Å². The second-order valence-corrected chi connectivity index (χ2v) is 6.09. The summed E-state index contributed by atoms with van der Waals surface area (Å²) in [5, 5.41) is 6.59. The van der Waals surface area contributed by atoms with Crippen LogP contribution in [0.3, 0.4) is 0 Å². The van der Waals surface area contributed by atoms with Crippen molar-refractivity contribution in [1.82, 2.24) is 10.6 Å². The van der Waals surface area contributed by atoms with Gasteiger partial charge in [0.15, 0.2) is 5.96 Å². The molecule has 0 aromatic rings. The fraction of sp³-hybridized carbons (Fsp3) is 0.929. The number of rotatable bonds is 8. The highest BCUT2D eigenvalue weighted by Gasteiger charge is 2.31. The van der Waals surface area contributed by atoms with Crippen LogP contribution in [0.15, 0.2) is 4.99 Å². The first-order chi connectivity index (χ1) is 9.76. The second kappa shape index (κ2) is 10.3. The lowest BCUT2D eigenvalue weighted by atomic mass is 9.99. The molecule has 118 valence electrons. The van der Waals surface area contributed by atoms with Crippen molar-refractivity contribution in [2.45, 2.75) is 31.4 Å². The lowest BCUT2D eigenvalue weighted by molar-refractivity contribution is 0.0794. The van der Waals surface area contributed by atoms with E-state index in [0.29, 0.717) is 6.61 Å². The lowest BCUT2D eigenvalue weighted by Gasteiger charge is -2.34. The number of aliphatic imine (C=N–C) groups is 1. The summed E-state index contributed by atoms with van der Waals surface area (Å²) in [6, 6.07) is 0. The fourth-order valence-electron chi connectivity index (χ4n) is 2.12. The van der Waals surface area contributed by atoms with Gasteiger partial charge in [-0.1, -0.05) is 0 Å². The number of hydrogen-bond donors (Lipinski definition) is 2. The van der Waals surface area contributed by atoms with Gasteiger partial charge < -0.3 is 20.1 Å². The van der Waals surface area contributed by atoms with E-state index < -0.39 is 0 Å². The molecule has 1 aliphatic heterocycles. The molecule has 0 spiro atoms. The first-order valence-corrected chi connectivity index (χ1v) is 8.71. The summed E-state index contributed by atoms with van der Waals surface area (Å²) < 4.78 is 11.0. The number of nitrogens with zero attached hydrogens (tertiary/aromatic N) is 1. The van der Waals surface area contributed by atoms with Crippen LogP contribution in [0.4, 0.5) is 0 Å². The Morgan fingerprint density at radius 1 is 1.30 bits per heavy atom. The van der Waals surface area contributed by atoms with Gasteiger partial charge in [-0.3, -0.25) is 4.99 Å². The van der Waals surface area contributed by atoms with E-state index >= 15 is 0 Å². The Kier molecular flexibility index (Phi) is 9.05. The highest BCUT2D eigenvalue weighted by atomic mass is 32.2. The molecule has 0 aromatic carbocycles. The molecule has 0 radical (unpaired) electrons. The molecule has 0 aliphatic carbocycles. The molecule has 1 aliphatic rings. The van der Waals surface area contributed by atoms with Gasteiger partial charge in [0.05, 0.1) is 13.2 Å². The number of hydrogen-bond acceptors (Lipinski definition) is 4. The van der Waals surface area contributed by atoms with Gasteiger partial charge in [0.2, 0.25) is 0 Å². The molecule has 1 saturated heterocycles. The molecule has 1 rings (SSSR count). The average Bonchev–Trinajstić information content (AvgIpc) is 2.50. The van der Waals surface area contributed by atoms with E-state index in [1.54, 1.807) is 0 Å². The van der Waals surface area contributed by atoms with Crippen LogP contribution in [0.5, 0.6) is 0 Å². The third-order valence-electron chi connectivity index (χ3n) is 3.45. The third kappa shape index (κ3) is 6.33. The Labute approximate surface area is 127 Å². The zero-order valence-electron chi connectivity index (χ0n) is 13.0. The van der Waals surface area contributed by atoms with Gasteiger partial charge in [-0.2, -0.15) is 11.8 Å². The smallest absolute Gasteiger partial charge is 0.191 e. The van der Waals surface area contributed by atoms with Crippen molar-refractivity contribution >= 4 is 17.7 Å². The minimum Gasteiger partial charge on any atom is -0.381 e. The Balaban J connectivity index is 2.46. The monoisotopic (exact) mass is 303 g/mol. The van der Waals surface area contributed by atoms with Gasteiger partial charge in [0, 0.05) is 37.7 Å². The normalized spacial score (nSPS) is 18.9. The van der Waals surface area contributed by atoms with Gasteiger partial charge in [0.25, 0.3) is 0 Å². The van der Waals surface area contributed by atoms with Crippen LogP contribution in [0.1, 0.15) is 26.7 Å². The van der Waals surface area contributed by atoms with Crippen LogP contribution >= 0.6 is 11.8 Å². The SMILES string of the molecule is CCNC(=NCC1(SC)CCOCC1)NCCOCC. The van der Waals surface area contributed by atoms with E-state index in [2.05, 4.69) is 23.8 Å². The van der Waals surface area contributed by atoms with E-state index in [0.717, 1.165) is 58.3 Å². The van der Waals surface area contributed by atoms with Crippen LogP contribution in [0.2, 0.25) is 0 Å². The van der Waals surface area contributed by atoms with Crippen LogP contribution in [-0.2, 0) is 9.47 Å².